The first kappa shape index (κ1) is 18.5. The molecule has 8 heteroatoms. The molecular formula is C18H22F3N3O2. The molecule has 0 radical (unpaired) electrons. The van der Waals surface area contributed by atoms with Crippen molar-refractivity contribution >= 4 is 16.9 Å². The van der Waals surface area contributed by atoms with Gasteiger partial charge in [0.15, 0.2) is 0 Å². The van der Waals surface area contributed by atoms with E-state index in [-0.39, 0.29) is 25.1 Å². The highest BCUT2D eigenvalue weighted by Crippen LogP contribution is 2.37. The van der Waals surface area contributed by atoms with Gasteiger partial charge < -0.3 is 5.32 Å². The molecule has 1 aromatic heterocycles. The number of hydrogen-bond acceptors (Lipinski definition) is 2. The van der Waals surface area contributed by atoms with E-state index in [4.69, 9.17) is 0 Å². The highest BCUT2D eigenvalue weighted by molar-refractivity contribution is 5.81. The van der Waals surface area contributed by atoms with Gasteiger partial charge in [0.2, 0.25) is 5.91 Å². The Labute approximate surface area is 148 Å². The monoisotopic (exact) mass is 369 g/mol. The molecule has 1 heterocycles. The standard InChI is InChI=1S/C18H22F3N3O2/c1-2-23-14-8-3-4-9-15(14)24(17(23)26)11-16(25)22-13-7-5-6-12(10-13)18(19,20)21/h3-4,8-9,12-13H,2,5-7,10-11H2,1H3,(H,22,25). The lowest BCUT2D eigenvalue weighted by molar-refractivity contribution is -0.184. The minimum atomic E-state index is -4.23. The number of carbonyl (C=O) groups is 1. The molecule has 0 bridgehead atoms. The zero-order valence-corrected chi connectivity index (χ0v) is 14.6. The Morgan fingerprint density at radius 1 is 1.19 bits per heavy atom. The van der Waals surface area contributed by atoms with Crippen molar-refractivity contribution in [3.63, 3.8) is 0 Å². The number of aromatic nitrogens is 2. The minimum Gasteiger partial charge on any atom is -0.352 e. The fraction of sp³-hybridized carbons (Fsp3) is 0.556. The number of nitrogens with zero attached hydrogens (tertiary/aromatic N) is 2. The Morgan fingerprint density at radius 2 is 1.85 bits per heavy atom. The molecule has 0 spiro atoms. The number of nitrogens with one attached hydrogen (secondary N) is 1. The Kier molecular flexibility index (Phi) is 5.11. The molecular weight excluding hydrogens is 347 g/mol. The van der Waals surface area contributed by atoms with Crippen molar-refractivity contribution in [2.24, 2.45) is 5.92 Å². The maximum Gasteiger partial charge on any atom is 0.391 e. The molecule has 2 unspecified atom stereocenters. The second-order valence-electron chi connectivity index (χ2n) is 6.77. The van der Waals surface area contributed by atoms with E-state index >= 15 is 0 Å². The van der Waals surface area contributed by atoms with Gasteiger partial charge in [0.25, 0.3) is 0 Å². The number of fused-ring (bicyclic) bond motifs is 1. The first-order valence-corrected chi connectivity index (χ1v) is 8.85. The molecule has 1 aliphatic rings. The molecule has 1 amide bonds. The van der Waals surface area contributed by atoms with Gasteiger partial charge in [0, 0.05) is 12.6 Å². The number of benzene rings is 1. The summed E-state index contributed by atoms with van der Waals surface area (Å²) >= 11 is 0. The van der Waals surface area contributed by atoms with Crippen LogP contribution in [0.25, 0.3) is 11.0 Å². The molecule has 0 aliphatic heterocycles. The molecule has 1 fully saturated rings. The summed E-state index contributed by atoms with van der Waals surface area (Å²) in [6, 6.07) is 6.67. The summed E-state index contributed by atoms with van der Waals surface area (Å²) in [7, 11) is 0. The van der Waals surface area contributed by atoms with Crippen molar-refractivity contribution in [1.29, 1.82) is 0 Å². The first-order valence-electron chi connectivity index (χ1n) is 8.85. The summed E-state index contributed by atoms with van der Waals surface area (Å²) in [6.45, 7) is 2.13. The highest BCUT2D eigenvalue weighted by Gasteiger charge is 2.42. The normalized spacial score (nSPS) is 21.1. The third-order valence-corrected chi connectivity index (χ3v) is 5.05. The maximum absolute atomic E-state index is 12.9. The number of rotatable bonds is 4. The second-order valence-corrected chi connectivity index (χ2v) is 6.77. The third-order valence-electron chi connectivity index (χ3n) is 5.05. The molecule has 1 N–H and O–H groups in total. The molecule has 142 valence electrons. The summed E-state index contributed by atoms with van der Waals surface area (Å²) < 4.78 is 41.7. The van der Waals surface area contributed by atoms with E-state index < -0.39 is 24.0 Å². The number of amides is 1. The number of para-hydroxylation sites is 2. The molecule has 3 rings (SSSR count). The first-order chi connectivity index (χ1) is 12.3. The zero-order valence-electron chi connectivity index (χ0n) is 14.6. The average Bonchev–Trinajstić information content (AvgIpc) is 2.86. The molecule has 2 aromatic rings. The Bertz CT molecular complexity index is 853. The number of aryl methyl sites for hydroxylation is 1. The van der Waals surface area contributed by atoms with E-state index in [0.717, 1.165) is 5.52 Å². The molecule has 0 saturated heterocycles. The predicted molar refractivity (Wildman–Crippen MR) is 91.8 cm³/mol. The van der Waals surface area contributed by atoms with Crippen LogP contribution in [0.3, 0.4) is 0 Å². The van der Waals surface area contributed by atoms with Crippen LogP contribution >= 0.6 is 0 Å². The van der Waals surface area contributed by atoms with Crippen molar-refractivity contribution in [2.75, 3.05) is 0 Å². The Hall–Kier alpha value is -2.25. The fourth-order valence-electron chi connectivity index (χ4n) is 3.77. The number of hydrogen-bond donors (Lipinski definition) is 1. The number of imidazole rings is 1. The van der Waals surface area contributed by atoms with Gasteiger partial charge in [0.1, 0.15) is 6.54 Å². The fourth-order valence-corrected chi connectivity index (χ4v) is 3.77. The topological polar surface area (TPSA) is 56.0 Å². The molecule has 1 aromatic carbocycles. The van der Waals surface area contributed by atoms with E-state index in [0.29, 0.717) is 24.9 Å². The smallest absolute Gasteiger partial charge is 0.352 e. The lowest BCUT2D eigenvalue weighted by Crippen LogP contribution is -2.43. The number of alkyl halides is 3. The van der Waals surface area contributed by atoms with Crippen molar-refractivity contribution in [2.45, 2.75) is 57.9 Å². The lowest BCUT2D eigenvalue weighted by atomic mass is 9.85. The van der Waals surface area contributed by atoms with Crippen molar-refractivity contribution in [1.82, 2.24) is 14.5 Å². The van der Waals surface area contributed by atoms with Gasteiger partial charge in [-0.1, -0.05) is 18.6 Å². The summed E-state index contributed by atoms with van der Waals surface area (Å²) in [5.41, 5.74) is 1.09. The van der Waals surface area contributed by atoms with Crippen LogP contribution in [0.15, 0.2) is 29.1 Å². The van der Waals surface area contributed by atoms with Crippen LogP contribution in [0.1, 0.15) is 32.6 Å². The lowest BCUT2D eigenvalue weighted by Gasteiger charge is -2.31. The van der Waals surface area contributed by atoms with Gasteiger partial charge in [-0.2, -0.15) is 13.2 Å². The van der Waals surface area contributed by atoms with Crippen molar-refractivity contribution in [3.05, 3.63) is 34.7 Å². The van der Waals surface area contributed by atoms with Crippen LogP contribution in [0.2, 0.25) is 0 Å². The average molecular weight is 369 g/mol. The minimum absolute atomic E-state index is 0.0964. The molecule has 26 heavy (non-hydrogen) atoms. The summed E-state index contributed by atoms with van der Waals surface area (Å²) in [5, 5.41) is 2.68. The molecule has 2 atom stereocenters. The van der Waals surface area contributed by atoms with Gasteiger partial charge in [-0.25, -0.2) is 4.79 Å². The second kappa shape index (κ2) is 7.17. The van der Waals surface area contributed by atoms with Gasteiger partial charge in [-0.15, -0.1) is 0 Å². The van der Waals surface area contributed by atoms with E-state index in [2.05, 4.69) is 5.32 Å². The molecule has 1 saturated carbocycles. The van der Waals surface area contributed by atoms with E-state index in [1.54, 1.807) is 16.7 Å². The van der Waals surface area contributed by atoms with Crippen molar-refractivity contribution < 1.29 is 18.0 Å². The SMILES string of the molecule is CCn1c(=O)n(CC(=O)NC2CCCC(C(F)(F)F)C2)c2ccccc21. The van der Waals surface area contributed by atoms with Crippen molar-refractivity contribution in [3.8, 4) is 0 Å². The maximum atomic E-state index is 12.9. The summed E-state index contributed by atoms with van der Waals surface area (Å²) in [6.07, 6.45) is -3.25. The predicted octanol–water partition coefficient (Wildman–Crippen LogP) is 3.06. The molecule has 5 nitrogen and oxygen atoms in total. The zero-order chi connectivity index (χ0) is 18.9. The van der Waals surface area contributed by atoms with Gasteiger partial charge >= 0.3 is 11.9 Å². The number of carbonyl (C=O) groups excluding carboxylic acids is 1. The van der Waals surface area contributed by atoms with E-state index in [1.807, 2.05) is 19.1 Å². The van der Waals surface area contributed by atoms with Gasteiger partial charge in [-0.05, 0) is 38.3 Å². The van der Waals surface area contributed by atoms with E-state index in [1.165, 1.54) is 4.57 Å². The van der Waals surface area contributed by atoms with E-state index in [9.17, 15) is 22.8 Å². The van der Waals surface area contributed by atoms with Crippen LogP contribution in [0.5, 0.6) is 0 Å². The summed E-state index contributed by atoms with van der Waals surface area (Å²) in [4.78, 5) is 24.9. The largest absolute Gasteiger partial charge is 0.391 e. The number of halogens is 3. The van der Waals surface area contributed by atoms with Crippen LogP contribution in [-0.4, -0.2) is 27.3 Å². The Balaban J connectivity index is 1.74. The highest BCUT2D eigenvalue weighted by atomic mass is 19.4. The quantitative estimate of drug-likeness (QED) is 0.901. The third kappa shape index (κ3) is 3.64. The van der Waals surface area contributed by atoms with Gasteiger partial charge in [-0.3, -0.25) is 13.9 Å². The summed E-state index contributed by atoms with van der Waals surface area (Å²) in [5.74, 6) is -1.80. The van der Waals surface area contributed by atoms with Crippen LogP contribution < -0.4 is 11.0 Å². The van der Waals surface area contributed by atoms with Crippen LogP contribution in [-0.2, 0) is 17.9 Å². The molecule has 1 aliphatic carbocycles. The Morgan fingerprint density at radius 3 is 2.46 bits per heavy atom. The van der Waals surface area contributed by atoms with Crippen LogP contribution in [0.4, 0.5) is 13.2 Å². The van der Waals surface area contributed by atoms with Crippen LogP contribution in [0, 0.1) is 5.92 Å². The van der Waals surface area contributed by atoms with Gasteiger partial charge in [0.05, 0.1) is 17.0 Å².